The minimum atomic E-state index is 0.417. The first-order valence-corrected chi connectivity index (χ1v) is 9.32. The molecule has 0 fully saturated rings. The Morgan fingerprint density at radius 1 is 1.22 bits per heavy atom. The van der Waals surface area contributed by atoms with Gasteiger partial charge in [-0.15, -0.1) is 0 Å². The van der Waals surface area contributed by atoms with Gasteiger partial charge in [-0.2, -0.15) is 14.5 Å². The Balaban J connectivity index is 1.76. The molecular weight excluding hydrogens is 364 g/mol. The Morgan fingerprint density at radius 3 is 2.81 bits per heavy atom. The SMILES string of the molecule is COCCOc1nc(Cc2cc(C)ns2)nc2ccn(-c3cnn(C)c3)c12. The van der Waals surface area contributed by atoms with Gasteiger partial charge in [0.05, 0.1) is 29.7 Å². The monoisotopic (exact) mass is 384 g/mol. The fraction of sp³-hybridized carbons (Fsp3) is 0.333. The van der Waals surface area contributed by atoms with E-state index in [0.29, 0.717) is 31.3 Å². The summed E-state index contributed by atoms with van der Waals surface area (Å²) in [6.07, 6.45) is 6.32. The van der Waals surface area contributed by atoms with Crippen LogP contribution in [0.25, 0.3) is 16.7 Å². The molecule has 9 heteroatoms. The van der Waals surface area contributed by atoms with Gasteiger partial charge in [-0.1, -0.05) is 0 Å². The zero-order chi connectivity index (χ0) is 18.8. The second-order valence-electron chi connectivity index (χ2n) is 6.19. The predicted octanol–water partition coefficient (Wildman–Crippen LogP) is 2.53. The largest absolute Gasteiger partial charge is 0.474 e. The van der Waals surface area contributed by atoms with Crippen LogP contribution in [-0.2, 0) is 18.2 Å². The molecule has 0 aliphatic carbocycles. The van der Waals surface area contributed by atoms with Crippen LogP contribution in [0.3, 0.4) is 0 Å². The standard InChI is InChI=1S/C18H20N6O2S/c1-12-8-14(27-22-12)9-16-20-15-4-5-24(13-10-19-23(2)11-13)17(15)18(21-16)26-7-6-25-3/h4-5,8,10-11H,6-7,9H2,1-3H3. The molecule has 0 saturated carbocycles. The van der Waals surface area contributed by atoms with Crippen molar-refractivity contribution < 1.29 is 9.47 Å². The van der Waals surface area contributed by atoms with Crippen LogP contribution in [0.4, 0.5) is 0 Å². The highest BCUT2D eigenvalue weighted by Crippen LogP contribution is 2.27. The van der Waals surface area contributed by atoms with Gasteiger partial charge < -0.3 is 14.0 Å². The molecule has 0 bridgehead atoms. The van der Waals surface area contributed by atoms with Crippen molar-refractivity contribution in [2.75, 3.05) is 20.3 Å². The third kappa shape index (κ3) is 3.69. The smallest absolute Gasteiger partial charge is 0.242 e. The molecule has 4 aromatic heterocycles. The van der Waals surface area contributed by atoms with Gasteiger partial charge in [-0.3, -0.25) is 4.68 Å². The summed E-state index contributed by atoms with van der Waals surface area (Å²) in [7, 11) is 3.53. The number of hydrogen-bond acceptors (Lipinski definition) is 7. The first kappa shape index (κ1) is 17.6. The molecule has 0 spiro atoms. The van der Waals surface area contributed by atoms with Gasteiger partial charge >= 0.3 is 0 Å². The van der Waals surface area contributed by atoms with Crippen molar-refractivity contribution in [3.63, 3.8) is 0 Å². The topological polar surface area (TPSA) is 79.9 Å². The van der Waals surface area contributed by atoms with Gasteiger partial charge in [0, 0.05) is 37.8 Å². The van der Waals surface area contributed by atoms with Crippen LogP contribution < -0.4 is 4.74 Å². The van der Waals surface area contributed by atoms with E-state index in [1.165, 1.54) is 11.5 Å². The molecule has 0 radical (unpaired) electrons. The second-order valence-corrected chi connectivity index (χ2v) is 7.08. The van der Waals surface area contributed by atoms with E-state index < -0.39 is 0 Å². The third-order valence-corrected chi connectivity index (χ3v) is 4.93. The summed E-state index contributed by atoms with van der Waals surface area (Å²) in [4.78, 5) is 10.5. The molecule has 4 rings (SSSR count). The maximum absolute atomic E-state index is 5.93. The number of hydrogen-bond donors (Lipinski definition) is 0. The molecule has 0 unspecified atom stereocenters. The van der Waals surface area contributed by atoms with Crippen LogP contribution in [0.5, 0.6) is 5.88 Å². The maximum Gasteiger partial charge on any atom is 0.242 e. The lowest BCUT2D eigenvalue weighted by atomic mass is 10.3. The molecule has 0 aromatic carbocycles. The molecular formula is C18H20N6O2S. The molecule has 4 aromatic rings. The van der Waals surface area contributed by atoms with E-state index in [-0.39, 0.29) is 0 Å². The first-order valence-electron chi connectivity index (χ1n) is 8.55. The summed E-state index contributed by atoms with van der Waals surface area (Å²) in [5, 5.41) is 4.25. The molecule has 140 valence electrons. The lowest BCUT2D eigenvalue weighted by Crippen LogP contribution is -2.09. The number of ether oxygens (including phenoxy) is 2. The third-order valence-electron chi connectivity index (χ3n) is 4.05. The van der Waals surface area contributed by atoms with E-state index in [4.69, 9.17) is 14.5 Å². The Bertz CT molecular complexity index is 1070. The van der Waals surface area contributed by atoms with E-state index in [1.807, 2.05) is 37.0 Å². The Labute approximate surface area is 160 Å². The van der Waals surface area contributed by atoms with Crippen LogP contribution in [-0.4, -0.2) is 49.0 Å². The minimum absolute atomic E-state index is 0.417. The summed E-state index contributed by atoms with van der Waals surface area (Å²) in [5.41, 5.74) is 3.59. The number of nitrogens with zero attached hydrogens (tertiary/aromatic N) is 6. The highest BCUT2D eigenvalue weighted by Gasteiger charge is 2.16. The second kappa shape index (κ2) is 7.45. The number of methoxy groups -OCH3 is 1. The summed E-state index contributed by atoms with van der Waals surface area (Å²) >= 11 is 1.47. The van der Waals surface area contributed by atoms with Crippen molar-refractivity contribution in [2.24, 2.45) is 7.05 Å². The normalized spacial score (nSPS) is 11.4. The van der Waals surface area contributed by atoms with Crippen molar-refractivity contribution in [1.82, 2.24) is 28.7 Å². The fourth-order valence-corrected chi connectivity index (χ4v) is 3.59. The van der Waals surface area contributed by atoms with E-state index in [2.05, 4.69) is 20.5 Å². The minimum Gasteiger partial charge on any atom is -0.474 e. The average molecular weight is 384 g/mol. The van der Waals surface area contributed by atoms with Crippen molar-refractivity contribution in [3.05, 3.63) is 47.1 Å². The highest BCUT2D eigenvalue weighted by molar-refractivity contribution is 7.05. The lowest BCUT2D eigenvalue weighted by Gasteiger charge is -2.10. The molecule has 0 aliphatic rings. The van der Waals surface area contributed by atoms with E-state index in [9.17, 15) is 0 Å². The quantitative estimate of drug-likeness (QED) is 0.456. The summed E-state index contributed by atoms with van der Waals surface area (Å²) in [6.45, 7) is 2.89. The van der Waals surface area contributed by atoms with Crippen LogP contribution >= 0.6 is 11.5 Å². The van der Waals surface area contributed by atoms with Crippen molar-refractivity contribution in [2.45, 2.75) is 13.3 Å². The zero-order valence-electron chi connectivity index (χ0n) is 15.4. The molecule has 0 atom stereocenters. The molecule has 4 heterocycles. The molecule has 8 nitrogen and oxygen atoms in total. The number of fused-ring (bicyclic) bond motifs is 1. The highest BCUT2D eigenvalue weighted by atomic mass is 32.1. The van der Waals surface area contributed by atoms with Crippen LogP contribution in [0.2, 0.25) is 0 Å². The maximum atomic E-state index is 5.93. The van der Waals surface area contributed by atoms with Crippen LogP contribution in [0.15, 0.2) is 30.7 Å². The lowest BCUT2D eigenvalue weighted by molar-refractivity contribution is 0.144. The van der Waals surface area contributed by atoms with Gasteiger partial charge in [0.25, 0.3) is 0 Å². The molecule has 0 aliphatic heterocycles. The van der Waals surface area contributed by atoms with Crippen LogP contribution in [0, 0.1) is 6.92 Å². The fourth-order valence-electron chi connectivity index (χ4n) is 2.86. The Hall–Kier alpha value is -2.78. The number of rotatable bonds is 7. The van der Waals surface area contributed by atoms with Gasteiger partial charge in [0.1, 0.15) is 17.9 Å². The van der Waals surface area contributed by atoms with Gasteiger partial charge in [-0.05, 0) is 30.6 Å². The van der Waals surface area contributed by atoms with E-state index in [1.54, 1.807) is 18.0 Å². The molecule has 0 N–H and O–H groups in total. The number of aromatic nitrogens is 6. The van der Waals surface area contributed by atoms with Gasteiger partial charge in [-0.25, -0.2) is 4.98 Å². The van der Waals surface area contributed by atoms with Crippen molar-refractivity contribution in [3.8, 4) is 11.6 Å². The molecule has 27 heavy (non-hydrogen) atoms. The van der Waals surface area contributed by atoms with Gasteiger partial charge in [0.15, 0.2) is 0 Å². The van der Waals surface area contributed by atoms with E-state index >= 15 is 0 Å². The van der Waals surface area contributed by atoms with Crippen molar-refractivity contribution in [1.29, 1.82) is 0 Å². The molecule has 0 saturated heterocycles. The van der Waals surface area contributed by atoms with Gasteiger partial charge in [0.2, 0.25) is 5.88 Å². The summed E-state index contributed by atoms with van der Waals surface area (Å²) in [6, 6.07) is 4.03. The van der Waals surface area contributed by atoms with Crippen molar-refractivity contribution >= 4 is 22.6 Å². The Kier molecular flexibility index (Phi) is 4.87. The predicted molar refractivity (Wildman–Crippen MR) is 103 cm³/mol. The zero-order valence-corrected chi connectivity index (χ0v) is 16.2. The van der Waals surface area contributed by atoms with Crippen LogP contribution in [0.1, 0.15) is 16.4 Å². The number of aryl methyl sites for hydroxylation is 2. The average Bonchev–Trinajstić information content (AvgIpc) is 3.35. The Morgan fingerprint density at radius 2 is 2.11 bits per heavy atom. The molecule has 0 amide bonds. The summed E-state index contributed by atoms with van der Waals surface area (Å²) < 4.78 is 19.1. The summed E-state index contributed by atoms with van der Waals surface area (Å²) in [5.74, 6) is 1.25. The van der Waals surface area contributed by atoms with E-state index in [0.717, 1.165) is 27.3 Å². The first-order chi connectivity index (χ1) is 13.1.